The Labute approximate surface area is 136 Å². The number of carbonyl (C=O) groups excluding carboxylic acids is 1. The third kappa shape index (κ3) is 4.28. The van der Waals surface area contributed by atoms with Crippen LogP contribution in [-0.4, -0.2) is 19.1 Å². The van der Waals surface area contributed by atoms with Gasteiger partial charge in [-0.2, -0.15) is 0 Å². The van der Waals surface area contributed by atoms with Gasteiger partial charge in [-0.1, -0.05) is 6.07 Å². The molecule has 1 atom stereocenters. The van der Waals surface area contributed by atoms with Crippen molar-refractivity contribution in [3.05, 3.63) is 47.4 Å². The number of aryl methyl sites for hydroxylation is 1. The van der Waals surface area contributed by atoms with Crippen LogP contribution in [0, 0.1) is 6.92 Å². The van der Waals surface area contributed by atoms with E-state index in [-0.39, 0.29) is 11.9 Å². The molecule has 5 heteroatoms. The fourth-order valence-electron chi connectivity index (χ4n) is 2.24. The van der Waals surface area contributed by atoms with Crippen molar-refractivity contribution >= 4 is 5.91 Å². The van der Waals surface area contributed by atoms with E-state index < -0.39 is 0 Å². The van der Waals surface area contributed by atoms with E-state index >= 15 is 0 Å². The Bertz CT molecular complexity index is 663. The minimum Gasteiger partial charge on any atom is -0.490 e. The van der Waals surface area contributed by atoms with Crippen molar-refractivity contribution in [2.45, 2.75) is 33.7 Å². The number of furan rings is 1. The fraction of sp³-hybridized carbons (Fsp3) is 0.389. The van der Waals surface area contributed by atoms with Gasteiger partial charge in [-0.05, 0) is 57.5 Å². The number of nitrogens with one attached hydrogen (secondary N) is 1. The van der Waals surface area contributed by atoms with E-state index in [9.17, 15) is 4.79 Å². The maximum absolute atomic E-state index is 12.2. The average molecular weight is 317 g/mol. The number of rotatable bonds is 7. The first-order valence-electron chi connectivity index (χ1n) is 7.82. The number of carbonyl (C=O) groups is 1. The highest BCUT2D eigenvalue weighted by Crippen LogP contribution is 2.30. The molecular formula is C18H23NO4. The third-order valence-electron chi connectivity index (χ3n) is 3.38. The maximum atomic E-state index is 12.2. The predicted molar refractivity (Wildman–Crippen MR) is 88.1 cm³/mol. The molecule has 0 radical (unpaired) electrons. The normalized spacial score (nSPS) is 11.8. The Morgan fingerprint density at radius 3 is 2.43 bits per heavy atom. The highest BCUT2D eigenvalue weighted by atomic mass is 16.5. The van der Waals surface area contributed by atoms with E-state index in [2.05, 4.69) is 5.32 Å². The summed E-state index contributed by atoms with van der Waals surface area (Å²) in [6.07, 6.45) is 0. The molecular weight excluding hydrogens is 294 g/mol. The van der Waals surface area contributed by atoms with Gasteiger partial charge >= 0.3 is 0 Å². The summed E-state index contributed by atoms with van der Waals surface area (Å²) < 4.78 is 16.5. The fourth-order valence-corrected chi connectivity index (χ4v) is 2.24. The number of hydrogen-bond acceptors (Lipinski definition) is 4. The van der Waals surface area contributed by atoms with Crippen molar-refractivity contribution in [1.29, 1.82) is 0 Å². The Hall–Kier alpha value is -2.43. The summed E-state index contributed by atoms with van der Waals surface area (Å²) in [7, 11) is 0. The van der Waals surface area contributed by atoms with Gasteiger partial charge in [-0.15, -0.1) is 0 Å². The van der Waals surface area contributed by atoms with Crippen LogP contribution in [0.2, 0.25) is 0 Å². The van der Waals surface area contributed by atoms with E-state index in [0.29, 0.717) is 36.2 Å². The smallest absolute Gasteiger partial charge is 0.287 e. The van der Waals surface area contributed by atoms with Crippen LogP contribution >= 0.6 is 0 Å². The molecule has 1 aromatic carbocycles. The highest BCUT2D eigenvalue weighted by molar-refractivity contribution is 5.91. The second-order valence-corrected chi connectivity index (χ2v) is 5.18. The number of amides is 1. The first-order chi connectivity index (χ1) is 11.0. The maximum Gasteiger partial charge on any atom is 0.287 e. The number of hydrogen-bond donors (Lipinski definition) is 1. The summed E-state index contributed by atoms with van der Waals surface area (Å²) in [6, 6.07) is 8.94. The zero-order valence-electron chi connectivity index (χ0n) is 14.0. The zero-order chi connectivity index (χ0) is 16.8. The van der Waals surface area contributed by atoms with Gasteiger partial charge < -0.3 is 19.2 Å². The van der Waals surface area contributed by atoms with E-state index in [0.717, 1.165) is 5.56 Å². The first kappa shape index (κ1) is 16.9. The summed E-state index contributed by atoms with van der Waals surface area (Å²) >= 11 is 0. The van der Waals surface area contributed by atoms with Crippen molar-refractivity contribution < 1.29 is 18.7 Å². The summed E-state index contributed by atoms with van der Waals surface area (Å²) in [5.74, 6) is 2.17. The Kier molecular flexibility index (Phi) is 5.68. The van der Waals surface area contributed by atoms with Crippen LogP contribution in [0.25, 0.3) is 0 Å². The van der Waals surface area contributed by atoms with E-state index in [1.165, 1.54) is 0 Å². The molecule has 0 spiro atoms. The number of ether oxygens (including phenoxy) is 2. The molecule has 0 aliphatic heterocycles. The summed E-state index contributed by atoms with van der Waals surface area (Å²) in [4.78, 5) is 12.2. The van der Waals surface area contributed by atoms with Crippen LogP contribution in [0.3, 0.4) is 0 Å². The van der Waals surface area contributed by atoms with Gasteiger partial charge in [0.05, 0.1) is 19.3 Å². The predicted octanol–water partition coefficient (Wildman–Crippen LogP) is 3.88. The highest BCUT2D eigenvalue weighted by Gasteiger charge is 2.16. The van der Waals surface area contributed by atoms with E-state index in [1.54, 1.807) is 19.1 Å². The minimum atomic E-state index is -0.238. The standard InChI is InChI=1S/C18H23NO4/c1-5-21-15-10-8-14(11-17(15)22-6-2)13(4)19-18(20)16-9-7-12(3)23-16/h7-11,13H,5-6H2,1-4H3,(H,19,20). The Morgan fingerprint density at radius 2 is 1.83 bits per heavy atom. The Morgan fingerprint density at radius 1 is 1.13 bits per heavy atom. The molecule has 0 fully saturated rings. The molecule has 0 bridgehead atoms. The average Bonchev–Trinajstić information content (AvgIpc) is 2.96. The molecule has 5 nitrogen and oxygen atoms in total. The van der Waals surface area contributed by atoms with Crippen molar-refractivity contribution in [3.8, 4) is 11.5 Å². The largest absolute Gasteiger partial charge is 0.490 e. The molecule has 1 unspecified atom stereocenters. The molecule has 0 aliphatic rings. The van der Waals surface area contributed by atoms with Gasteiger partial charge in [0.25, 0.3) is 5.91 Å². The van der Waals surface area contributed by atoms with Gasteiger partial charge in [0.1, 0.15) is 5.76 Å². The summed E-state index contributed by atoms with van der Waals surface area (Å²) in [5.41, 5.74) is 0.938. The lowest BCUT2D eigenvalue weighted by atomic mass is 10.1. The lowest BCUT2D eigenvalue weighted by molar-refractivity contribution is 0.0910. The quantitative estimate of drug-likeness (QED) is 0.842. The van der Waals surface area contributed by atoms with E-state index in [1.807, 2.05) is 39.0 Å². The molecule has 1 N–H and O–H groups in total. The molecule has 2 aromatic rings. The molecule has 1 aromatic heterocycles. The topological polar surface area (TPSA) is 60.7 Å². The second-order valence-electron chi connectivity index (χ2n) is 5.18. The Balaban J connectivity index is 2.13. The van der Waals surface area contributed by atoms with E-state index in [4.69, 9.17) is 13.9 Å². The molecule has 0 aliphatic carbocycles. The van der Waals surface area contributed by atoms with Crippen LogP contribution < -0.4 is 14.8 Å². The van der Waals surface area contributed by atoms with Gasteiger partial charge in [-0.3, -0.25) is 4.79 Å². The molecule has 0 saturated heterocycles. The van der Waals surface area contributed by atoms with Gasteiger partial charge in [0.2, 0.25) is 0 Å². The van der Waals surface area contributed by atoms with Crippen LogP contribution in [0.4, 0.5) is 0 Å². The third-order valence-corrected chi connectivity index (χ3v) is 3.38. The summed E-state index contributed by atoms with van der Waals surface area (Å²) in [5, 5.41) is 2.92. The van der Waals surface area contributed by atoms with Crippen molar-refractivity contribution in [2.75, 3.05) is 13.2 Å². The van der Waals surface area contributed by atoms with Crippen LogP contribution in [0.1, 0.15) is 48.7 Å². The molecule has 124 valence electrons. The molecule has 1 amide bonds. The zero-order valence-corrected chi connectivity index (χ0v) is 14.0. The monoisotopic (exact) mass is 317 g/mol. The lowest BCUT2D eigenvalue weighted by Crippen LogP contribution is -2.26. The lowest BCUT2D eigenvalue weighted by Gasteiger charge is -2.17. The van der Waals surface area contributed by atoms with Crippen LogP contribution in [-0.2, 0) is 0 Å². The molecule has 1 heterocycles. The summed E-state index contributed by atoms with van der Waals surface area (Å²) in [6.45, 7) is 8.70. The van der Waals surface area contributed by atoms with Crippen molar-refractivity contribution in [1.82, 2.24) is 5.32 Å². The van der Waals surface area contributed by atoms with Gasteiger partial charge in [0.15, 0.2) is 17.3 Å². The van der Waals surface area contributed by atoms with Crippen LogP contribution in [0.15, 0.2) is 34.7 Å². The van der Waals surface area contributed by atoms with Crippen molar-refractivity contribution in [3.63, 3.8) is 0 Å². The number of benzene rings is 1. The molecule has 0 saturated carbocycles. The SMILES string of the molecule is CCOc1ccc(C(C)NC(=O)c2ccc(C)o2)cc1OCC. The van der Waals surface area contributed by atoms with Crippen molar-refractivity contribution in [2.24, 2.45) is 0 Å². The minimum absolute atomic E-state index is 0.178. The second kappa shape index (κ2) is 7.72. The van der Waals surface area contributed by atoms with Crippen LogP contribution in [0.5, 0.6) is 11.5 Å². The first-order valence-corrected chi connectivity index (χ1v) is 7.82. The molecule has 2 rings (SSSR count). The van der Waals surface area contributed by atoms with Gasteiger partial charge in [0, 0.05) is 0 Å². The molecule has 23 heavy (non-hydrogen) atoms. The van der Waals surface area contributed by atoms with Gasteiger partial charge in [-0.25, -0.2) is 0 Å².